The first kappa shape index (κ1) is 18.0. The summed E-state index contributed by atoms with van der Waals surface area (Å²) >= 11 is 0. The zero-order valence-corrected chi connectivity index (χ0v) is 17.1. The summed E-state index contributed by atoms with van der Waals surface area (Å²) in [7, 11) is 0. The van der Waals surface area contributed by atoms with Gasteiger partial charge in [0, 0.05) is 30.8 Å². The Morgan fingerprint density at radius 2 is 2.10 bits per heavy atom. The van der Waals surface area contributed by atoms with Gasteiger partial charge in [-0.25, -0.2) is 14.5 Å². The lowest BCUT2D eigenvalue weighted by Crippen LogP contribution is -2.33. The van der Waals surface area contributed by atoms with Crippen molar-refractivity contribution in [2.45, 2.75) is 32.6 Å². The van der Waals surface area contributed by atoms with Crippen LogP contribution < -0.4 is 4.74 Å². The number of furan rings is 1. The first-order chi connectivity index (χ1) is 15.0. The molecular formula is C23H19N5O3. The Bertz CT molecular complexity index is 1350. The van der Waals surface area contributed by atoms with Gasteiger partial charge >= 0.3 is 0 Å². The largest absolute Gasteiger partial charge is 0.461 e. The molecule has 1 aliphatic carbocycles. The fraction of sp³-hybridized carbons (Fsp3) is 0.261. The summed E-state index contributed by atoms with van der Waals surface area (Å²) in [5, 5.41) is 4.51. The fourth-order valence-electron chi connectivity index (χ4n) is 4.54. The van der Waals surface area contributed by atoms with E-state index in [-0.39, 0.29) is 17.1 Å². The zero-order chi connectivity index (χ0) is 21.2. The SMILES string of the molecule is CC1(C)CC(=O)C2=C(C1)Oc1ncn3nc(-c4ccco4)nc3c1C2c1cccnc1. The van der Waals surface area contributed by atoms with Gasteiger partial charge in [-0.15, -0.1) is 5.10 Å². The van der Waals surface area contributed by atoms with Gasteiger partial charge in [-0.3, -0.25) is 9.78 Å². The van der Waals surface area contributed by atoms with E-state index in [1.807, 2.05) is 12.1 Å². The molecule has 0 aromatic carbocycles. The average Bonchev–Trinajstić information content (AvgIpc) is 3.41. The van der Waals surface area contributed by atoms with Crippen molar-refractivity contribution in [1.29, 1.82) is 0 Å². The van der Waals surface area contributed by atoms with Crippen molar-refractivity contribution in [3.05, 3.63) is 71.7 Å². The summed E-state index contributed by atoms with van der Waals surface area (Å²) in [5.41, 5.74) is 2.68. The van der Waals surface area contributed by atoms with Gasteiger partial charge in [0.2, 0.25) is 11.7 Å². The molecule has 0 radical (unpaired) electrons. The van der Waals surface area contributed by atoms with Crippen molar-refractivity contribution >= 4 is 11.4 Å². The molecule has 0 saturated carbocycles. The standard InChI is InChI=1S/C23H19N5O3/c1-23(2)9-14(29)18-16(10-23)31-22-19(17(18)13-5-3-7-24-11-13)21-26-20(15-6-4-8-30-15)27-28(21)12-25-22/h3-8,11-12,17H,9-10H2,1-2H3. The van der Waals surface area contributed by atoms with E-state index in [0.29, 0.717) is 52.8 Å². The smallest absolute Gasteiger partial charge is 0.228 e. The molecule has 0 amide bonds. The molecule has 0 saturated heterocycles. The van der Waals surface area contributed by atoms with Crippen LogP contribution in [0.4, 0.5) is 0 Å². The molecule has 2 aliphatic rings. The Morgan fingerprint density at radius 3 is 2.87 bits per heavy atom. The number of Topliss-reactive ketones (excluding diaryl/α,β-unsaturated/α-hetero) is 1. The van der Waals surface area contributed by atoms with Crippen LogP contribution in [0.3, 0.4) is 0 Å². The van der Waals surface area contributed by atoms with Gasteiger partial charge in [-0.2, -0.15) is 0 Å². The van der Waals surface area contributed by atoms with Crippen LogP contribution >= 0.6 is 0 Å². The second-order valence-corrected chi connectivity index (χ2v) is 8.74. The van der Waals surface area contributed by atoms with E-state index < -0.39 is 0 Å². The Labute approximate surface area is 177 Å². The third-order valence-electron chi connectivity index (χ3n) is 5.82. The highest BCUT2D eigenvalue weighted by Gasteiger charge is 2.44. The highest BCUT2D eigenvalue weighted by atomic mass is 16.5. The second-order valence-electron chi connectivity index (χ2n) is 8.74. The van der Waals surface area contributed by atoms with Crippen LogP contribution in [0.1, 0.15) is 43.7 Å². The van der Waals surface area contributed by atoms with E-state index in [1.54, 1.807) is 41.6 Å². The van der Waals surface area contributed by atoms with Gasteiger partial charge in [0.15, 0.2) is 17.2 Å². The first-order valence-electron chi connectivity index (χ1n) is 10.1. The van der Waals surface area contributed by atoms with Crippen LogP contribution in [-0.4, -0.2) is 30.3 Å². The third-order valence-corrected chi connectivity index (χ3v) is 5.82. The van der Waals surface area contributed by atoms with E-state index in [4.69, 9.17) is 14.1 Å². The predicted octanol–water partition coefficient (Wildman–Crippen LogP) is 3.95. The molecule has 154 valence electrons. The van der Waals surface area contributed by atoms with E-state index in [0.717, 1.165) is 5.56 Å². The molecule has 6 rings (SSSR count). The van der Waals surface area contributed by atoms with Crippen molar-refractivity contribution in [2.75, 3.05) is 0 Å². The predicted molar refractivity (Wildman–Crippen MR) is 110 cm³/mol. The number of ether oxygens (including phenoxy) is 1. The normalized spacial score (nSPS) is 19.8. The summed E-state index contributed by atoms with van der Waals surface area (Å²) in [6.07, 6.45) is 7.79. The van der Waals surface area contributed by atoms with Crippen LogP contribution in [0.5, 0.6) is 5.88 Å². The van der Waals surface area contributed by atoms with Crippen molar-refractivity contribution in [2.24, 2.45) is 5.41 Å². The molecule has 5 heterocycles. The van der Waals surface area contributed by atoms with Crippen LogP contribution in [-0.2, 0) is 4.79 Å². The average molecular weight is 413 g/mol. The van der Waals surface area contributed by atoms with E-state index in [1.165, 1.54) is 0 Å². The Morgan fingerprint density at radius 1 is 1.19 bits per heavy atom. The summed E-state index contributed by atoms with van der Waals surface area (Å²) in [6.45, 7) is 4.16. The summed E-state index contributed by atoms with van der Waals surface area (Å²) < 4.78 is 13.3. The van der Waals surface area contributed by atoms with Crippen molar-refractivity contribution in [1.82, 2.24) is 24.6 Å². The lowest BCUT2D eigenvalue weighted by Gasteiger charge is -2.37. The minimum atomic E-state index is -0.374. The second kappa shape index (κ2) is 6.34. The minimum absolute atomic E-state index is 0.0820. The number of rotatable bonds is 2. The molecule has 4 aromatic rings. The quantitative estimate of drug-likeness (QED) is 0.491. The number of fused-ring (bicyclic) bond motifs is 3. The number of carbonyl (C=O) groups excluding carboxylic acids is 1. The molecule has 1 unspecified atom stereocenters. The molecule has 1 atom stereocenters. The number of aromatic nitrogens is 5. The number of carbonyl (C=O) groups is 1. The Hall–Kier alpha value is -3.81. The molecular weight excluding hydrogens is 394 g/mol. The van der Waals surface area contributed by atoms with E-state index in [9.17, 15) is 4.79 Å². The summed E-state index contributed by atoms with van der Waals surface area (Å²) in [4.78, 5) is 26.9. The third kappa shape index (κ3) is 2.78. The Kier molecular flexibility index (Phi) is 3.68. The summed E-state index contributed by atoms with van der Waals surface area (Å²) in [6, 6.07) is 7.43. The summed E-state index contributed by atoms with van der Waals surface area (Å²) in [5.74, 6) is 1.84. The van der Waals surface area contributed by atoms with Crippen molar-refractivity contribution in [3.8, 4) is 17.5 Å². The number of allylic oxidation sites excluding steroid dienone is 2. The number of hydrogen-bond donors (Lipinski definition) is 0. The number of ketones is 1. The number of nitrogens with zero attached hydrogens (tertiary/aromatic N) is 5. The highest BCUT2D eigenvalue weighted by Crippen LogP contribution is 2.50. The molecule has 0 N–H and O–H groups in total. The van der Waals surface area contributed by atoms with Crippen molar-refractivity contribution in [3.63, 3.8) is 0 Å². The van der Waals surface area contributed by atoms with Crippen LogP contribution in [0, 0.1) is 5.41 Å². The van der Waals surface area contributed by atoms with E-state index in [2.05, 4.69) is 28.9 Å². The molecule has 0 bridgehead atoms. The topological polar surface area (TPSA) is 95.4 Å². The molecule has 8 heteroatoms. The van der Waals surface area contributed by atoms with Crippen molar-refractivity contribution < 1.29 is 13.9 Å². The maximum absolute atomic E-state index is 13.3. The molecule has 0 fully saturated rings. The number of pyridine rings is 1. The molecule has 4 aromatic heterocycles. The van der Waals surface area contributed by atoms with Crippen LogP contribution in [0.25, 0.3) is 17.2 Å². The van der Waals surface area contributed by atoms with Gasteiger partial charge in [-0.05, 0) is 29.2 Å². The van der Waals surface area contributed by atoms with Gasteiger partial charge in [-0.1, -0.05) is 19.9 Å². The number of hydrogen-bond acceptors (Lipinski definition) is 7. The maximum atomic E-state index is 13.3. The minimum Gasteiger partial charge on any atom is -0.461 e. The fourth-order valence-corrected chi connectivity index (χ4v) is 4.54. The van der Waals surface area contributed by atoms with Gasteiger partial charge in [0.25, 0.3) is 0 Å². The first-order valence-corrected chi connectivity index (χ1v) is 10.1. The van der Waals surface area contributed by atoms with Gasteiger partial charge in [0.05, 0.1) is 17.7 Å². The maximum Gasteiger partial charge on any atom is 0.228 e. The molecule has 1 aliphatic heterocycles. The van der Waals surface area contributed by atoms with Crippen LogP contribution in [0.15, 0.2) is 65.0 Å². The Balaban J connectivity index is 1.62. The zero-order valence-electron chi connectivity index (χ0n) is 17.1. The monoisotopic (exact) mass is 413 g/mol. The lowest BCUT2D eigenvalue weighted by atomic mass is 9.70. The molecule has 8 nitrogen and oxygen atoms in total. The van der Waals surface area contributed by atoms with Crippen LogP contribution in [0.2, 0.25) is 0 Å². The van der Waals surface area contributed by atoms with Gasteiger partial charge in [0.1, 0.15) is 12.1 Å². The highest BCUT2D eigenvalue weighted by molar-refractivity contribution is 6.00. The molecule has 0 spiro atoms. The van der Waals surface area contributed by atoms with Gasteiger partial charge < -0.3 is 9.15 Å². The lowest BCUT2D eigenvalue weighted by molar-refractivity contribution is -0.118. The molecule has 31 heavy (non-hydrogen) atoms. The van der Waals surface area contributed by atoms with E-state index >= 15 is 0 Å².